The van der Waals surface area contributed by atoms with Crippen molar-refractivity contribution < 1.29 is 17.6 Å². The molecule has 7 heteroatoms. The van der Waals surface area contributed by atoms with Gasteiger partial charge in [-0.05, 0) is 37.3 Å². The summed E-state index contributed by atoms with van der Waals surface area (Å²) in [5.74, 6) is 3.04. The second-order valence-corrected chi connectivity index (χ2v) is 8.63. The molecule has 0 aliphatic heterocycles. The third-order valence-electron chi connectivity index (χ3n) is 4.49. The summed E-state index contributed by atoms with van der Waals surface area (Å²) >= 11 is 0. The molecule has 1 N–H and O–H groups in total. The van der Waals surface area contributed by atoms with Gasteiger partial charge in [0.1, 0.15) is 11.5 Å². The van der Waals surface area contributed by atoms with Gasteiger partial charge in [0, 0.05) is 24.9 Å². The number of nitrogens with zero attached hydrogens (tertiary/aromatic N) is 1. The molecular weight excluding hydrogens is 316 g/mol. The number of carbonyl (C=O) groups is 1. The Bertz CT molecular complexity index is 678. The molecule has 0 saturated heterocycles. The number of nitrogens with one attached hydrogen (secondary N) is 1. The van der Waals surface area contributed by atoms with E-state index in [-0.39, 0.29) is 24.9 Å². The van der Waals surface area contributed by atoms with Crippen LogP contribution in [0.5, 0.6) is 0 Å². The van der Waals surface area contributed by atoms with Crippen molar-refractivity contribution in [3.05, 3.63) is 23.7 Å². The number of sulfonamides is 1. The fourth-order valence-electron chi connectivity index (χ4n) is 2.86. The summed E-state index contributed by atoms with van der Waals surface area (Å²) in [6.45, 7) is 2.83. The molecular formula is C16H24N2O4S. The van der Waals surface area contributed by atoms with Gasteiger partial charge in [-0.2, -0.15) is 0 Å². The molecule has 2 atom stereocenters. The van der Waals surface area contributed by atoms with Crippen molar-refractivity contribution in [2.45, 2.75) is 51.1 Å². The Kier molecular flexibility index (Phi) is 4.51. The summed E-state index contributed by atoms with van der Waals surface area (Å²) in [4.78, 5) is 14.2. The molecule has 3 rings (SSSR count). The Balaban J connectivity index is 1.56. The number of amides is 1. The van der Waals surface area contributed by atoms with E-state index in [0.29, 0.717) is 18.4 Å². The Morgan fingerprint density at radius 3 is 2.65 bits per heavy atom. The summed E-state index contributed by atoms with van der Waals surface area (Å²) in [7, 11) is -3.25. The maximum absolute atomic E-state index is 12.4. The lowest BCUT2D eigenvalue weighted by Crippen LogP contribution is -2.35. The SMILES string of the molecule is C[C@@H]1C[C@@H]1c1ccc(CN(C(=O)CCNS(C)(=O)=O)C2CC2)o1. The highest BCUT2D eigenvalue weighted by Crippen LogP contribution is 2.47. The number of carbonyl (C=O) groups excluding carboxylic acids is 1. The zero-order valence-corrected chi connectivity index (χ0v) is 14.4. The monoisotopic (exact) mass is 340 g/mol. The molecule has 1 aromatic rings. The van der Waals surface area contributed by atoms with Crippen molar-refractivity contribution in [3.63, 3.8) is 0 Å². The molecule has 2 aliphatic carbocycles. The molecule has 0 radical (unpaired) electrons. The average molecular weight is 340 g/mol. The molecule has 0 bridgehead atoms. The molecule has 23 heavy (non-hydrogen) atoms. The quantitative estimate of drug-likeness (QED) is 0.783. The van der Waals surface area contributed by atoms with E-state index in [1.54, 1.807) is 0 Å². The highest BCUT2D eigenvalue weighted by atomic mass is 32.2. The minimum absolute atomic E-state index is 0.0265. The van der Waals surface area contributed by atoms with Gasteiger partial charge in [0.15, 0.2) is 0 Å². The minimum atomic E-state index is -3.25. The van der Waals surface area contributed by atoms with E-state index in [0.717, 1.165) is 30.6 Å². The molecule has 1 amide bonds. The predicted octanol–water partition coefficient (Wildman–Crippen LogP) is 1.83. The van der Waals surface area contributed by atoms with Gasteiger partial charge in [-0.25, -0.2) is 13.1 Å². The van der Waals surface area contributed by atoms with E-state index >= 15 is 0 Å². The average Bonchev–Trinajstić information content (AvgIpc) is 3.36. The summed E-state index contributed by atoms with van der Waals surface area (Å²) in [6, 6.07) is 4.25. The van der Waals surface area contributed by atoms with Gasteiger partial charge in [-0.1, -0.05) is 6.92 Å². The number of hydrogen-bond donors (Lipinski definition) is 1. The van der Waals surface area contributed by atoms with Gasteiger partial charge in [0.05, 0.1) is 12.8 Å². The summed E-state index contributed by atoms with van der Waals surface area (Å²) in [5.41, 5.74) is 0. The van der Waals surface area contributed by atoms with Gasteiger partial charge in [0.25, 0.3) is 0 Å². The van der Waals surface area contributed by atoms with Gasteiger partial charge in [-0.3, -0.25) is 4.79 Å². The number of furan rings is 1. The van der Waals surface area contributed by atoms with Gasteiger partial charge in [-0.15, -0.1) is 0 Å². The molecule has 2 fully saturated rings. The van der Waals surface area contributed by atoms with E-state index in [1.165, 1.54) is 6.42 Å². The lowest BCUT2D eigenvalue weighted by molar-refractivity contribution is -0.132. The molecule has 1 aromatic heterocycles. The third-order valence-corrected chi connectivity index (χ3v) is 5.22. The van der Waals surface area contributed by atoms with E-state index in [2.05, 4.69) is 11.6 Å². The summed E-state index contributed by atoms with van der Waals surface area (Å²) in [5, 5.41) is 0. The van der Waals surface area contributed by atoms with Crippen molar-refractivity contribution in [1.29, 1.82) is 0 Å². The first-order valence-electron chi connectivity index (χ1n) is 8.16. The highest BCUT2D eigenvalue weighted by Gasteiger charge is 2.37. The molecule has 0 unspecified atom stereocenters. The maximum atomic E-state index is 12.4. The van der Waals surface area contributed by atoms with E-state index < -0.39 is 10.0 Å². The smallest absolute Gasteiger partial charge is 0.224 e. The minimum Gasteiger partial charge on any atom is -0.464 e. The van der Waals surface area contributed by atoms with Crippen molar-refractivity contribution in [2.75, 3.05) is 12.8 Å². The normalized spacial score (nSPS) is 23.7. The second kappa shape index (κ2) is 6.28. The van der Waals surface area contributed by atoms with Gasteiger partial charge in [0.2, 0.25) is 15.9 Å². The zero-order chi connectivity index (χ0) is 16.6. The molecule has 2 saturated carbocycles. The van der Waals surface area contributed by atoms with Crippen molar-refractivity contribution in [3.8, 4) is 0 Å². The molecule has 128 valence electrons. The number of hydrogen-bond acceptors (Lipinski definition) is 4. The van der Waals surface area contributed by atoms with Crippen LogP contribution in [0.25, 0.3) is 0 Å². The Labute approximate surface area is 137 Å². The standard InChI is InChI=1S/C16H24N2O4S/c1-11-9-14(11)15-6-5-13(22-15)10-18(12-3-4-12)16(19)7-8-17-23(2,20)21/h5-6,11-12,14,17H,3-4,7-10H2,1-2H3/t11-,14+/m1/s1. The van der Waals surface area contributed by atoms with Crippen LogP contribution in [0.1, 0.15) is 50.0 Å². The van der Waals surface area contributed by atoms with Crippen LogP contribution in [0.4, 0.5) is 0 Å². The van der Waals surface area contributed by atoms with Crippen molar-refractivity contribution >= 4 is 15.9 Å². The predicted molar refractivity (Wildman–Crippen MR) is 86.3 cm³/mol. The summed E-state index contributed by atoms with van der Waals surface area (Å²) in [6.07, 6.45) is 4.47. The van der Waals surface area contributed by atoms with E-state index in [4.69, 9.17) is 4.42 Å². The van der Waals surface area contributed by atoms with Crippen molar-refractivity contribution in [2.24, 2.45) is 5.92 Å². The van der Waals surface area contributed by atoms with E-state index in [1.807, 2.05) is 17.0 Å². The van der Waals surface area contributed by atoms with Crippen LogP contribution in [0.3, 0.4) is 0 Å². The first-order chi connectivity index (χ1) is 10.8. The zero-order valence-electron chi connectivity index (χ0n) is 13.6. The molecule has 0 aromatic carbocycles. The maximum Gasteiger partial charge on any atom is 0.224 e. The lowest BCUT2D eigenvalue weighted by atomic mass is 10.3. The second-order valence-electron chi connectivity index (χ2n) is 6.79. The third kappa shape index (κ3) is 4.57. The molecule has 6 nitrogen and oxygen atoms in total. The van der Waals surface area contributed by atoms with Crippen molar-refractivity contribution in [1.82, 2.24) is 9.62 Å². The number of rotatable bonds is 8. The Morgan fingerprint density at radius 2 is 2.09 bits per heavy atom. The first-order valence-corrected chi connectivity index (χ1v) is 10.1. The lowest BCUT2D eigenvalue weighted by Gasteiger charge is -2.21. The van der Waals surface area contributed by atoms with Crippen LogP contribution in [0, 0.1) is 5.92 Å². The van der Waals surface area contributed by atoms with Gasteiger partial charge < -0.3 is 9.32 Å². The Hall–Kier alpha value is -1.34. The molecule has 2 aliphatic rings. The van der Waals surface area contributed by atoms with Crippen LogP contribution >= 0.6 is 0 Å². The van der Waals surface area contributed by atoms with Crippen LogP contribution in [-0.4, -0.2) is 38.1 Å². The fraction of sp³-hybridized carbons (Fsp3) is 0.688. The fourth-order valence-corrected chi connectivity index (χ4v) is 3.33. The van der Waals surface area contributed by atoms with Crippen LogP contribution in [0.15, 0.2) is 16.5 Å². The Morgan fingerprint density at radius 1 is 1.39 bits per heavy atom. The molecule has 0 spiro atoms. The summed E-state index contributed by atoms with van der Waals surface area (Å²) < 4.78 is 30.4. The van der Waals surface area contributed by atoms with Crippen LogP contribution in [-0.2, 0) is 21.4 Å². The largest absolute Gasteiger partial charge is 0.464 e. The first kappa shape index (κ1) is 16.5. The molecule has 1 heterocycles. The highest BCUT2D eigenvalue weighted by molar-refractivity contribution is 7.88. The van der Waals surface area contributed by atoms with Crippen LogP contribution < -0.4 is 4.72 Å². The van der Waals surface area contributed by atoms with Gasteiger partial charge >= 0.3 is 0 Å². The topological polar surface area (TPSA) is 79.6 Å². The van der Waals surface area contributed by atoms with Crippen LogP contribution in [0.2, 0.25) is 0 Å². The van der Waals surface area contributed by atoms with E-state index in [9.17, 15) is 13.2 Å².